The first-order valence-corrected chi connectivity index (χ1v) is 6.96. The third-order valence-corrected chi connectivity index (χ3v) is 4.24. The summed E-state index contributed by atoms with van der Waals surface area (Å²) in [5.74, 6) is -0.547. The minimum absolute atomic E-state index is 0.00755. The molecular weight excluding hydrogens is 243 g/mol. The van der Waals surface area contributed by atoms with Gasteiger partial charge < -0.3 is 5.32 Å². The summed E-state index contributed by atoms with van der Waals surface area (Å²) < 4.78 is 38.8. The predicted octanol–water partition coefficient (Wildman–Crippen LogP) is 0.986. The SMILES string of the molecule is CNS(=O)(=O)c1cc(F)ccc1CNC1CC1. The molecule has 17 heavy (non-hydrogen) atoms. The average Bonchev–Trinajstić information content (AvgIpc) is 3.11. The molecule has 0 aliphatic heterocycles. The summed E-state index contributed by atoms with van der Waals surface area (Å²) >= 11 is 0. The van der Waals surface area contributed by atoms with Gasteiger partial charge in [-0.2, -0.15) is 0 Å². The Hall–Kier alpha value is -0.980. The minimum Gasteiger partial charge on any atom is -0.310 e. The van der Waals surface area contributed by atoms with Crippen LogP contribution in [0.4, 0.5) is 4.39 Å². The molecule has 0 saturated heterocycles. The number of halogens is 1. The van der Waals surface area contributed by atoms with Crippen molar-refractivity contribution in [3.63, 3.8) is 0 Å². The molecule has 1 aliphatic rings. The second kappa shape index (κ2) is 4.72. The van der Waals surface area contributed by atoms with Crippen molar-refractivity contribution in [1.29, 1.82) is 0 Å². The number of hydrogen-bond acceptors (Lipinski definition) is 3. The van der Waals surface area contributed by atoms with Crippen molar-refractivity contribution < 1.29 is 12.8 Å². The lowest BCUT2D eigenvalue weighted by molar-refractivity contribution is 0.578. The topological polar surface area (TPSA) is 58.2 Å². The van der Waals surface area contributed by atoms with Crippen molar-refractivity contribution in [3.05, 3.63) is 29.6 Å². The van der Waals surface area contributed by atoms with Crippen molar-refractivity contribution >= 4 is 10.0 Å². The van der Waals surface area contributed by atoms with E-state index < -0.39 is 15.8 Å². The van der Waals surface area contributed by atoms with E-state index in [1.807, 2.05) is 0 Å². The summed E-state index contributed by atoms with van der Waals surface area (Å²) in [5, 5.41) is 3.21. The van der Waals surface area contributed by atoms with Crippen LogP contribution in [0.5, 0.6) is 0 Å². The second-order valence-corrected chi connectivity index (χ2v) is 5.97. The molecule has 1 aliphatic carbocycles. The normalized spacial score (nSPS) is 16.1. The van der Waals surface area contributed by atoms with Gasteiger partial charge >= 0.3 is 0 Å². The number of benzene rings is 1. The maximum absolute atomic E-state index is 13.1. The van der Waals surface area contributed by atoms with Gasteiger partial charge in [0.2, 0.25) is 10.0 Å². The molecule has 2 rings (SSSR count). The largest absolute Gasteiger partial charge is 0.310 e. The van der Waals surface area contributed by atoms with E-state index in [0.717, 1.165) is 18.9 Å². The van der Waals surface area contributed by atoms with Crippen LogP contribution in [0.2, 0.25) is 0 Å². The molecule has 4 nitrogen and oxygen atoms in total. The van der Waals surface area contributed by atoms with Crippen molar-refractivity contribution in [2.75, 3.05) is 7.05 Å². The Morgan fingerprint density at radius 3 is 2.71 bits per heavy atom. The maximum Gasteiger partial charge on any atom is 0.240 e. The second-order valence-electron chi connectivity index (χ2n) is 4.11. The van der Waals surface area contributed by atoms with E-state index in [1.54, 1.807) is 0 Å². The Morgan fingerprint density at radius 1 is 1.41 bits per heavy atom. The van der Waals surface area contributed by atoms with E-state index in [9.17, 15) is 12.8 Å². The molecule has 1 aromatic rings. The maximum atomic E-state index is 13.1. The van der Waals surface area contributed by atoms with E-state index in [1.165, 1.54) is 19.2 Å². The third kappa shape index (κ3) is 3.02. The molecule has 0 bridgehead atoms. The van der Waals surface area contributed by atoms with Crippen LogP contribution in [-0.4, -0.2) is 21.5 Å². The molecule has 2 N–H and O–H groups in total. The molecule has 0 atom stereocenters. The fourth-order valence-corrected chi connectivity index (χ4v) is 2.55. The monoisotopic (exact) mass is 258 g/mol. The van der Waals surface area contributed by atoms with Gasteiger partial charge in [-0.05, 0) is 37.6 Å². The Morgan fingerprint density at radius 2 is 2.12 bits per heavy atom. The van der Waals surface area contributed by atoms with Crippen LogP contribution in [0.15, 0.2) is 23.1 Å². The minimum atomic E-state index is -3.61. The van der Waals surface area contributed by atoms with Gasteiger partial charge in [-0.25, -0.2) is 17.5 Å². The third-order valence-electron chi connectivity index (χ3n) is 2.75. The van der Waals surface area contributed by atoms with Gasteiger partial charge in [0.25, 0.3) is 0 Å². The lowest BCUT2D eigenvalue weighted by atomic mass is 10.2. The van der Waals surface area contributed by atoms with Crippen LogP contribution in [0, 0.1) is 5.82 Å². The Labute approximate surface area is 100 Å². The van der Waals surface area contributed by atoms with Crippen LogP contribution in [0.3, 0.4) is 0 Å². The number of rotatable bonds is 5. The summed E-state index contributed by atoms with van der Waals surface area (Å²) in [6, 6.07) is 4.31. The van der Waals surface area contributed by atoms with Crippen LogP contribution in [-0.2, 0) is 16.6 Å². The standard InChI is InChI=1S/C11H15FN2O2S/c1-13-17(15,16)11-6-9(12)3-2-8(11)7-14-10-4-5-10/h2-3,6,10,13-14H,4-5,7H2,1H3. The molecule has 1 aromatic carbocycles. The number of nitrogens with one attached hydrogen (secondary N) is 2. The highest BCUT2D eigenvalue weighted by Gasteiger charge is 2.22. The number of hydrogen-bond donors (Lipinski definition) is 2. The summed E-state index contributed by atoms with van der Waals surface area (Å²) in [6.07, 6.45) is 2.24. The zero-order valence-corrected chi connectivity index (χ0v) is 10.3. The van der Waals surface area contributed by atoms with E-state index >= 15 is 0 Å². The molecule has 1 saturated carbocycles. The van der Waals surface area contributed by atoms with E-state index in [-0.39, 0.29) is 4.90 Å². The molecule has 94 valence electrons. The summed E-state index contributed by atoms with van der Waals surface area (Å²) in [7, 11) is -2.29. The average molecular weight is 258 g/mol. The van der Waals surface area contributed by atoms with Gasteiger partial charge in [0, 0.05) is 12.6 Å². The smallest absolute Gasteiger partial charge is 0.240 e. The summed E-state index contributed by atoms with van der Waals surface area (Å²) in [6.45, 7) is 0.446. The summed E-state index contributed by atoms with van der Waals surface area (Å²) in [4.78, 5) is 0.00755. The molecule has 0 amide bonds. The molecule has 1 fully saturated rings. The lowest BCUT2D eigenvalue weighted by Gasteiger charge is -2.10. The van der Waals surface area contributed by atoms with Crippen LogP contribution < -0.4 is 10.0 Å². The van der Waals surface area contributed by atoms with Crippen LogP contribution in [0.1, 0.15) is 18.4 Å². The fourth-order valence-electron chi connectivity index (χ4n) is 1.58. The first-order valence-electron chi connectivity index (χ1n) is 5.48. The lowest BCUT2D eigenvalue weighted by Crippen LogP contribution is -2.23. The van der Waals surface area contributed by atoms with E-state index in [4.69, 9.17) is 0 Å². The molecular formula is C11H15FN2O2S. The number of sulfonamides is 1. The highest BCUT2D eigenvalue weighted by atomic mass is 32.2. The van der Waals surface area contributed by atoms with Gasteiger partial charge in [0.15, 0.2) is 0 Å². The zero-order valence-electron chi connectivity index (χ0n) is 9.53. The van der Waals surface area contributed by atoms with Crippen molar-refractivity contribution in [3.8, 4) is 0 Å². The van der Waals surface area contributed by atoms with Gasteiger partial charge in [-0.15, -0.1) is 0 Å². The Bertz CT molecular complexity index is 512. The van der Waals surface area contributed by atoms with Gasteiger partial charge in [-0.1, -0.05) is 6.07 Å². The molecule has 0 spiro atoms. The molecule has 0 unspecified atom stereocenters. The van der Waals surface area contributed by atoms with Crippen molar-refractivity contribution in [1.82, 2.24) is 10.0 Å². The zero-order chi connectivity index (χ0) is 12.5. The molecule has 0 radical (unpaired) electrons. The highest BCUT2D eigenvalue weighted by Crippen LogP contribution is 2.21. The van der Waals surface area contributed by atoms with Crippen molar-refractivity contribution in [2.45, 2.75) is 30.3 Å². The molecule has 0 aromatic heterocycles. The Balaban J connectivity index is 2.29. The van der Waals surface area contributed by atoms with E-state index in [0.29, 0.717) is 18.2 Å². The Kier molecular flexibility index (Phi) is 3.46. The quantitative estimate of drug-likeness (QED) is 0.828. The van der Waals surface area contributed by atoms with Crippen LogP contribution in [0.25, 0.3) is 0 Å². The molecule has 6 heteroatoms. The highest BCUT2D eigenvalue weighted by molar-refractivity contribution is 7.89. The predicted molar refractivity (Wildman–Crippen MR) is 62.5 cm³/mol. The van der Waals surface area contributed by atoms with Gasteiger partial charge in [0.05, 0.1) is 4.90 Å². The van der Waals surface area contributed by atoms with Gasteiger partial charge in [-0.3, -0.25) is 0 Å². The fraction of sp³-hybridized carbons (Fsp3) is 0.455. The summed E-state index contributed by atoms with van der Waals surface area (Å²) in [5.41, 5.74) is 0.590. The van der Waals surface area contributed by atoms with Crippen LogP contribution >= 0.6 is 0 Å². The van der Waals surface area contributed by atoms with Gasteiger partial charge in [0.1, 0.15) is 5.82 Å². The molecule has 0 heterocycles. The first-order chi connectivity index (χ1) is 8.03. The van der Waals surface area contributed by atoms with E-state index in [2.05, 4.69) is 10.0 Å². The first kappa shape index (κ1) is 12.5. The van der Waals surface area contributed by atoms with Crippen molar-refractivity contribution in [2.24, 2.45) is 0 Å².